The zero-order valence-corrected chi connectivity index (χ0v) is 14.1. The Balaban J connectivity index is 1.65. The molecule has 1 aromatic heterocycles. The Morgan fingerprint density at radius 1 is 1.12 bits per heavy atom. The fourth-order valence-corrected chi connectivity index (χ4v) is 3.38. The van der Waals surface area contributed by atoms with E-state index in [2.05, 4.69) is 9.97 Å². The van der Waals surface area contributed by atoms with Crippen molar-refractivity contribution in [2.24, 2.45) is 0 Å². The summed E-state index contributed by atoms with van der Waals surface area (Å²) in [6, 6.07) is 7.53. The molecule has 2 heterocycles. The highest BCUT2D eigenvalue weighted by molar-refractivity contribution is 7.88. The highest BCUT2D eigenvalue weighted by atomic mass is 32.2. The lowest BCUT2D eigenvalue weighted by atomic mass is 10.3. The molecule has 0 spiro atoms. The van der Waals surface area contributed by atoms with Crippen LogP contribution in [0.4, 0.5) is 0 Å². The van der Waals surface area contributed by atoms with Crippen LogP contribution in [0.2, 0.25) is 0 Å². The summed E-state index contributed by atoms with van der Waals surface area (Å²) in [5.74, 6) is -0.155. The number of carbonyl (C=O) groups excluding carboxylic acids is 1. The smallest absolute Gasteiger partial charge is 0.246 e. The predicted molar refractivity (Wildman–Crippen MR) is 91.6 cm³/mol. The maximum absolute atomic E-state index is 12.2. The minimum atomic E-state index is -3.19. The molecule has 0 N–H and O–H groups in total. The Hall–Kier alpha value is -2.32. The zero-order valence-electron chi connectivity index (χ0n) is 13.3. The van der Waals surface area contributed by atoms with E-state index >= 15 is 0 Å². The highest BCUT2D eigenvalue weighted by Gasteiger charge is 2.24. The third-order valence-electron chi connectivity index (χ3n) is 3.88. The third-order valence-corrected chi connectivity index (χ3v) is 5.19. The summed E-state index contributed by atoms with van der Waals surface area (Å²) in [6.07, 6.45) is 5.89. The molecule has 8 heteroatoms. The zero-order chi connectivity index (χ0) is 17.2. The molecule has 126 valence electrons. The van der Waals surface area contributed by atoms with Crippen LogP contribution in [-0.4, -0.2) is 65.9 Å². The predicted octanol–water partition coefficient (Wildman–Crippen LogP) is 0.747. The van der Waals surface area contributed by atoms with E-state index in [-0.39, 0.29) is 5.91 Å². The minimum absolute atomic E-state index is 0.155. The summed E-state index contributed by atoms with van der Waals surface area (Å²) in [7, 11) is -3.19. The average molecular weight is 346 g/mol. The number of fused-ring (bicyclic) bond motifs is 1. The number of aromatic nitrogens is 2. The van der Waals surface area contributed by atoms with Crippen molar-refractivity contribution in [3.63, 3.8) is 0 Å². The average Bonchev–Trinajstić information content (AvgIpc) is 2.59. The molecule has 0 aliphatic carbocycles. The number of rotatable bonds is 3. The second-order valence-electron chi connectivity index (χ2n) is 5.60. The Bertz CT molecular complexity index is 887. The van der Waals surface area contributed by atoms with Gasteiger partial charge in [-0.25, -0.2) is 13.4 Å². The largest absolute Gasteiger partial charge is 0.337 e. The van der Waals surface area contributed by atoms with Gasteiger partial charge in [0.05, 0.1) is 29.2 Å². The Morgan fingerprint density at radius 2 is 1.79 bits per heavy atom. The maximum atomic E-state index is 12.2. The van der Waals surface area contributed by atoms with Crippen molar-refractivity contribution < 1.29 is 13.2 Å². The summed E-state index contributed by atoms with van der Waals surface area (Å²) in [5, 5.41) is 0. The molecule has 2 aromatic rings. The van der Waals surface area contributed by atoms with E-state index in [1.54, 1.807) is 17.2 Å². The molecule has 0 bridgehead atoms. The van der Waals surface area contributed by atoms with E-state index in [1.165, 1.54) is 16.6 Å². The van der Waals surface area contributed by atoms with Gasteiger partial charge in [0.15, 0.2) is 0 Å². The standard InChI is InChI=1S/C16H18N4O3S/c1-24(22,23)20-10-8-19(9-11-20)16(21)7-6-13-12-17-14-4-2-3-5-15(14)18-13/h2-7,12H,8-11H2,1H3/b7-6+. The van der Waals surface area contributed by atoms with Crippen molar-refractivity contribution in [3.8, 4) is 0 Å². The number of hydrogen-bond donors (Lipinski definition) is 0. The molecule has 0 unspecified atom stereocenters. The first-order valence-electron chi connectivity index (χ1n) is 7.57. The second kappa shape index (κ2) is 6.66. The second-order valence-corrected chi connectivity index (χ2v) is 7.59. The van der Waals surface area contributed by atoms with Gasteiger partial charge in [-0.05, 0) is 18.2 Å². The molecule has 0 radical (unpaired) electrons. The summed E-state index contributed by atoms with van der Waals surface area (Å²) in [4.78, 5) is 22.6. The first-order chi connectivity index (χ1) is 11.4. The van der Waals surface area contributed by atoms with Crippen LogP contribution < -0.4 is 0 Å². The highest BCUT2D eigenvalue weighted by Crippen LogP contribution is 2.10. The van der Waals surface area contributed by atoms with Crippen molar-refractivity contribution in [2.75, 3.05) is 32.4 Å². The molecule has 3 rings (SSSR count). The van der Waals surface area contributed by atoms with Crippen LogP contribution in [0.5, 0.6) is 0 Å². The number of sulfonamides is 1. The fourth-order valence-electron chi connectivity index (χ4n) is 2.55. The van der Waals surface area contributed by atoms with Crippen molar-refractivity contribution in [3.05, 3.63) is 42.2 Å². The number of amides is 1. The quantitative estimate of drug-likeness (QED) is 0.766. The van der Waals surface area contributed by atoms with Crippen LogP contribution >= 0.6 is 0 Å². The van der Waals surface area contributed by atoms with E-state index in [0.717, 1.165) is 11.0 Å². The molecule has 1 fully saturated rings. The molecular formula is C16H18N4O3S. The summed E-state index contributed by atoms with van der Waals surface area (Å²) < 4.78 is 24.3. The fraction of sp³-hybridized carbons (Fsp3) is 0.312. The summed E-state index contributed by atoms with van der Waals surface area (Å²) in [5.41, 5.74) is 2.18. The first kappa shape index (κ1) is 16.5. The maximum Gasteiger partial charge on any atom is 0.246 e. The summed E-state index contributed by atoms with van der Waals surface area (Å²) >= 11 is 0. The van der Waals surface area contributed by atoms with E-state index in [9.17, 15) is 13.2 Å². The van der Waals surface area contributed by atoms with Gasteiger partial charge in [-0.1, -0.05) is 12.1 Å². The first-order valence-corrected chi connectivity index (χ1v) is 9.42. The number of para-hydroxylation sites is 2. The normalized spacial score (nSPS) is 16.8. The Morgan fingerprint density at radius 3 is 2.46 bits per heavy atom. The molecule has 7 nitrogen and oxygen atoms in total. The van der Waals surface area contributed by atoms with Crippen LogP contribution in [0.15, 0.2) is 36.5 Å². The Labute approximate surface area is 140 Å². The van der Waals surface area contributed by atoms with Gasteiger partial charge in [-0.2, -0.15) is 4.31 Å². The van der Waals surface area contributed by atoms with Gasteiger partial charge in [0, 0.05) is 32.3 Å². The molecule has 0 saturated carbocycles. The van der Waals surface area contributed by atoms with Crippen molar-refractivity contribution in [1.29, 1.82) is 0 Å². The van der Waals surface area contributed by atoms with Gasteiger partial charge in [0.2, 0.25) is 15.9 Å². The van der Waals surface area contributed by atoms with Crippen LogP contribution in [0.25, 0.3) is 17.1 Å². The lowest BCUT2D eigenvalue weighted by molar-refractivity contribution is -0.127. The van der Waals surface area contributed by atoms with Gasteiger partial charge in [0.1, 0.15) is 0 Å². The number of benzene rings is 1. The lowest BCUT2D eigenvalue weighted by Crippen LogP contribution is -2.49. The molecule has 1 amide bonds. The van der Waals surface area contributed by atoms with E-state index in [0.29, 0.717) is 31.9 Å². The molecule has 1 saturated heterocycles. The monoisotopic (exact) mass is 346 g/mol. The number of piperazine rings is 1. The van der Waals surface area contributed by atoms with E-state index in [4.69, 9.17) is 0 Å². The van der Waals surface area contributed by atoms with Gasteiger partial charge in [-0.15, -0.1) is 0 Å². The van der Waals surface area contributed by atoms with Gasteiger partial charge >= 0.3 is 0 Å². The molecule has 24 heavy (non-hydrogen) atoms. The third kappa shape index (κ3) is 3.77. The molecule has 0 atom stereocenters. The van der Waals surface area contributed by atoms with Crippen LogP contribution in [-0.2, 0) is 14.8 Å². The van der Waals surface area contributed by atoms with Crippen LogP contribution in [0.3, 0.4) is 0 Å². The van der Waals surface area contributed by atoms with Crippen LogP contribution in [0, 0.1) is 0 Å². The topological polar surface area (TPSA) is 83.5 Å². The number of hydrogen-bond acceptors (Lipinski definition) is 5. The van der Waals surface area contributed by atoms with Gasteiger partial charge in [0.25, 0.3) is 0 Å². The Kier molecular flexibility index (Phi) is 4.59. The molecular weight excluding hydrogens is 328 g/mol. The van der Waals surface area contributed by atoms with E-state index in [1.807, 2.05) is 24.3 Å². The van der Waals surface area contributed by atoms with Crippen molar-refractivity contribution >= 4 is 33.0 Å². The molecule has 1 aliphatic rings. The van der Waals surface area contributed by atoms with Crippen molar-refractivity contribution in [2.45, 2.75) is 0 Å². The lowest BCUT2D eigenvalue weighted by Gasteiger charge is -2.32. The van der Waals surface area contributed by atoms with Crippen LogP contribution in [0.1, 0.15) is 5.69 Å². The number of nitrogens with zero attached hydrogens (tertiary/aromatic N) is 4. The SMILES string of the molecule is CS(=O)(=O)N1CCN(C(=O)/C=C/c2cnc3ccccc3n2)CC1. The van der Waals surface area contributed by atoms with E-state index < -0.39 is 10.0 Å². The van der Waals surface area contributed by atoms with Gasteiger partial charge < -0.3 is 4.90 Å². The number of carbonyl (C=O) groups is 1. The molecule has 1 aromatic carbocycles. The van der Waals surface area contributed by atoms with Gasteiger partial charge in [-0.3, -0.25) is 9.78 Å². The van der Waals surface area contributed by atoms with Crippen molar-refractivity contribution in [1.82, 2.24) is 19.2 Å². The minimum Gasteiger partial charge on any atom is -0.337 e. The summed E-state index contributed by atoms with van der Waals surface area (Å²) in [6.45, 7) is 1.43. The molecule has 1 aliphatic heterocycles.